The van der Waals surface area contributed by atoms with Gasteiger partial charge < -0.3 is 20.6 Å². The first-order valence-corrected chi connectivity index (χ1v) is 7.79. The molecule has 3 rings (SSSR count). The van der Waals surface area contributed by atoms with Crippen molar-refractivity contribution in [3.05, 3.63) is 71.1 Å². The van der Waals surface area contributed by atoms with Crippen LogP contribution < -0.4 is 63.9 Å². The summed E-state index contributed by atoms with van der Waals surface area (Å²) in [6.07, 6.45) is 9.27. The van der Waals surface area contributed by atoms with Gasteiger partial charge in [-0.25, -0.2) is 0 Å². The first kappa shape index (κ1) is 20.0. The van der Waals surface area contributed by atoms with Gasteiger partial charge in [-0.2, -0.15) is 0 Å². The summed E-state index contributed by atoms with van der Waals surface area (Å²) in [5, 5.41) is 4.19. The van der Waals surface area contributed by atoms with Crippen molar-refractivity contribution in [3.63, 3.8) is 0 Å². The summed E-state index contributed by atoms with van der Waals surface area (Å²) in [6.45, 7) is 4.38. The third-order valence-corrected chi connectivity index (χ3v) is 4.01. The van der Waals surface area contributed by atoms with Crippen LogP contribution in [0.2, 0.25) is 0 Å². The van der Waals surface area contributed by atoms with Crippen LogP contribution in [0, 0.1) is 5.41 Å². The molecule has 120 valence electrons. The zero-order valence-corrected chi connectivity index (χ0v) is 19.3. The van der Waals surface area contributed by atoms with Gasteiger partial charge in [-0.3, -0.25) is 0 Å². The summed E-state index contributed by atoms with van der Waals surface area (Å²) in [5.74, 6) is -0.321. The van der Waals surface area contributed by atoms with E-state index in [1.807, 2.05) is 42.5 Å². The Morgan fingerprint density at radius 2 is 2.00 bits per heavy atom. The number of para-hydroxylation sites is 1. The number of allylic oxidation sites excluding steroid dienone is 4. The average Bonchev–Trinajstić information content (AvgIpc) is 2.78. The topological polar surface area (TPSA) is 66.4 Å². The van der Waals surface area contributed by atoms with Crippen molar-refractivity contribution in [1.29, 1.82) is 0 Å². The fraction of sp³-hybridized carbons (Fsp3) is 0.316. The quantitative estimate of drug-likeness (QED) is 0.803. The summed E-state index contributed by atoms with van der Waals surface area (Å²) in [5.41, 5.74) is 8.18. The molecule has 0 bridgehead atoms. The SMILES string of the molecule is CC1(C)C=CC=CC(C2OC(CN)C(=O)[N-]c3ccccc32)=C1.[Rb+]. The van der Waals surface area contributed by atoms with E-state index in [4.69, 9.17) is 10.5 Å². The van der Waals surface area contributed by atoms with E-state index in [0.717, 1.165) is 11.1 Å². The minimum absolute atomic E-state index is 0. The predicted octanol–water partition coefficient (Wildman–Crippen LogP) is 0.700. The molecule has 1 heterocycles. The van der Waals surface area contributed by atoms with Gasteiger partial charge in [-0.05, 0) is 11.1 Å². The normalized spacial score (nSPS) is 24.8. The number of hydrogen-bond acceptors (Lipinski definition) is 3. The van der Waals surface area contributed by atoms with Crippen LogP contribution >= 0.6 is 0 Å². The number of carbonyl (C=O) groups excluding carboxylic acids is 1. The molecule has 2 N–H and O–H groups in total. The fourth-order valence-corrected chi connectivity index (χ4v) is 2.87. The molecule has 2 aliphatic rings. The number of carbonyl (C=O) groups is 1. The van der Waals surface area contributed by atoms with E-state index in [2.05, 4.69) is 31.3 Å². The minimum atomic E-state index is -0.721. The summed E-state index contributed by atoms with van der Waals surface area (Å²) >= 11 is 0. The molecule has 1 aliphatic carbocycles. The largest absolute Gasteiger partial charge is 1.00 e. The molecular formula is C19H21N2O2Rb. The molecule has 2 unspecified atom stereocenters. The van der Waals surface area contributed by atoms with E-state index in [9.17, 15) is 4.79 Å². The number of hydrogen-bond donors (Lipinski definition) is 1. The van der Waals surface area contributed by atoms with Gasteiger partial charge in [0, 0.05) is 12.0 Å². The van der Waals surface area contributed by atoms with E-state index in [1.54, 1.807) is 0 Å². The van der Waals surface area contributed by atoms with Crippen molar-refractivity contribution in [2.45, 2.75) is 26.1 Å². The van der Waals surface area contributed by atoms with E-state index < -0.39 is 6.10 Å². The molecule has 1 aromatic carbocycles. The Bertz CT molecular complexity index is 707. The van der Waals surface area contributed by atoms with Gasteiger partial charge in [0.05, 0.1) is 5.91 Å². The smallest absolute Gasteiger partial charge is 0.624 e. The number of benzene rings is 1. The minimum Gasteiger partial charge on any atom is -0.624 e. The Labute approximate surface area is 192 Å². The van der Waals surface area contributed by atoms with E-state index in [-0.39, 0.29) is 82.2 Å². The molecule has 1 aliphatic heterocycles. The van der Waals surface area contributed by atoms with Crippen LogP contribution in [-0.4, -0.2) is 18.6 Å². The number of nitrogens with zero attached hydrogens (tertiary/aromatic N) is 1. The molecule has 24 heavy (non-hydrogen) atoms. The molecule has 0 saturated carbocycles. The molecule has 1 amide bonds. The van der Waals surface area contributed by atoms with Gasteiger partial charge >= 0.3 is 58.2 Å². The van der Waals surface area contributed by atoms with Crippen LogP contribution in [0.4, 0.5) is 5.69 Å². The number of fused-ring (bicyclic) bond motifs is 1. The Morgan fingerprint density at radius 1 is 1.25 bits per heavy atom. The third kappa shape index (κ3) is 4.42. The number of rotatable bonds is 2. The summed E-state index contributed by atoms with van der Waals surface area (Å²) in [4.78, 5) is 12.2. The molecule has 0 fully saturated rings. The summed E-state index contributed by atoms with van der Waals surface area (Å²) in [7, 11) is 0. The second-order valence-electron chi connectivity index (χ2n) is 6.43. The molecule has 0 spiro atoms. The van der Waals surface area contributed by atoms with Crippen LogP contribution in [0.5, 0.6) is 0 Å². The molecule has 2 atom stereocenters. The molecular weight excluding hydrogens is 374 g/mol. The number of nitrogens with two attached hydrogens (primary N) is 1. The Kier molecular flexibility index (Phi) is 6.94. The predicted molar refractivity (Wildman–Crippen MR) is 91.3 cm³/mol. The zero-order chi connectivity index (χ0) is 16.4. The molecule has 4 nitrogen and oxygen atoms in total. The van der Waals surface area contributed by atoms with E-state index in [1.165, 1.54) is 0 Å². The summed E-state index contributed by atoms with van der Waals surface area (Å²) < 4.78 is 6.07. The monoisotopic (exact) mass is 394 g/mol. The van der Waals surface area contributed by atoms with E-state index in [0.29, 0.717) is 5.69 Å². The number of ether oxygens (including phenoxy) is 1. The number of amides is 1. The molecule has 0 radical (unpaired) electrons. The van der Waals surface area contributed by atoms with Gasteiger partial charge in [0.2, 0.25) is 0 Å². The maximum absolute atomic E-state index is 12.2. The maximum Gasteiger partial charge on any atom is 1.00 e. The van der Waals surface area contributed by atoms with Crippen molar-refractivity contribution in [2.24, 2.45) is 11.1 Å². The van der Waals surface area contributed by atoms with Crippen molar-refractivity contribution < 1.29 is 67.7 Å². The van der Waals surface area contributed by atoms with Gasteiger partial charge in [0.1, 0.15) is 12.2 Å². The van der Waals surface area contributed by atoms with E-state index >= 15 is 0 Å². The van der Waals surface area contributed by atoms with Crippen molar-refractivity contribution in [2.75, 3.05) is 6.54 Å². The third-order valence-electron chi connectivity index (χ3n) is 4.01. The average molecular weight is 395 g/mol. The first-order valence-electron chi connectivity index (χ1n) is 7.79. The van der Waals surface area contributed by atoms with Crippen LogP contribution in [0.25, 0.3) is 5.32 Å². The van der Waals surface area contributed by atoms with Crippen LogP contribution in [-0.2, 0) is 9.53 Å². The Balaban J connectivity index is 0.00000208. The zero-order valence-electron chi connectivity index (χ0n) is 14.4. The van der Waals surface area contributed by atoms with Gasteiger partial charge in [-0.15, -0.1) is 5.69 Å². The molecule has 1 aromatic rings. The van der Waals surface area contributed by atoms with Crippen molar-refractivity contribution in [1.82, 2.24) is 0 Å². The second-order valence-corrected chi connectivity index (χ2v) is 6.43. The standard InChI is InChI=1S/C19H22N2O2.Rb/c1-19(2)10-6-5-7-13(11-19)17-14-8-3-4-9-15(14)21-18(22)16(12-20)23-17;/h3-11,16-17H,12,20H2,1-2H3,(H,21,22);/q;+1/p-1. The molecule has 0 aromatic heterocycles. The Hall–Kier alpha value is -0.365. The van der Waals surface area contributed by atoms with Gasteiger partial charge in [0.25, 0.3) is 0 Å². The van der Waals surface area contributed by atoms with Crippen LogP contribution in [0.3, 0.4) is 0 Å². The van der Waals surface area contributed by atoms with Crippen LogP contribution in [0.1, 0.15) is 25.5 Å². The van der Waals surface area contributed by atoms with Crippen molar-refractivity contribution in [3.8, 4) is 0 Å². The Morgan fingerprint density at radius 3 is 2.75 bits per heavy atom. The maximum atomic E-state index is 12.2. The second kappa shape index (κ2) is 8.34. The molecule has 0 saturated heterocycles. The van der Waals surface area contributed by atoms with Crippen LogP contribution in [0.15, 0.2) is 60.2 Å². The fourth-order valence-electron chi connectivity index (χ4n) is 2.87. The first-order chi connectivity index (χ1) is 11.0. The van der Waals surface area contributed by atoms with Gasteiger partial charge in [-0.1, -0.05) is 68.5 Å². The van der Waals surface area contributed by atoms with Crippen molar-refractivity contribution >= 4 is 11.6 Å². The molecule has 5 heteroatoms. The summed E-state index contributed by atoms with van der Waals surface area (Å²) in [6, 6.07) is 7.60. The van der Waals surface area contributed by atoms with Gasteiger partial charge in [0.15, 0.2) is 0 Å².